The number of aromatic nitrogens is 2. The molecule has 0 saturated carbocycles. The van der Waals surface area contributed by atoms with Crippen LogP contribution in [0.3, 0.4) is 0 Å². The number of carbonyl (C=O) groups is 1. The molecule has 19 heavy (non-hydrogen) atoms. The summed E-state index contributed by atoms with van der Waals surface area (Å²) in [6.07, 6.45) is 1.51. The van der Waals surface area contributed by atoms with Gasteiger partial charge in [0, 0.05) is 18.1 Å². The van der Waals surface area contributed by atoms with Crippen molar-refractivity contribution < 1.29 is 13.6 Å². The van der Waals surface area contributed by atoms with Crippen molar-refractivity contribution in [2.24, 2.45) is 7.05 Å². The number of fused-ring (bicyclic) bond motifs is 1. The number of carbonyl (C=O) groups excluding carboxylic acids is 1. The fourth-order valence-electron chi connectivity index (χ4n) is 1.98. The predicted molar refractivity (Wildman–Crippen MR) is 67.5 cm³/mol. The van der Waals surface area contributed by atoms with E-state index in [1.165, 1.54) is 24.4 Å². The Morgan fingerprint density at radius 3 is 2.84 bits per heavy atom. The number of ketones is 1. The van der Waals surface area contributed by atoms with Gasteiger partial charge in [0.25, 0.3) is 0 Å². The number of benzene rings is 1. The minimum atomic E-state index is -0.357. The van der Waals surface area contributed by atoms with Crippen LogP contribution in [0.25, 0.3) is 11.0 Å². The van der Waals surface area contributed by atoms with Gasteiger partial charge in [-0.15, -0.1) is 0 Å². The second-order valence-electron chi connectivity index (χ2n) is 4.39. The van der Waals surface area contributed by atoms with Gasteiger partial charge in [-0.1, -0.05) is 0 Å². The van der Waals surface area contributed by atoms with Crippen molar-refractivity contribution in [3.8, 4) is 0 Å². The molecule has 0 unspecified atom stereocenters. The van der Waals surface area contributed by atoms with Crippen LogP contribution < -0.4 is 0 Å². The minimum absolute atomic E-state index is 0.191. The van der Waals surface area contributed by atoms with Crippen LogP contribution in [0, 0.1) is 12.7 Å². The Bertz CT molecular complexity index is 786. The molecule has 5 heteroatoms. The molecule has 0 aliphatic heterocycles. The van der Waals surface area contributed by atoms with Crippen LogP contribution >= 0.6 is 0 Å². The third kappa shape index (κ3) is 1.83. The smallest absolute Gasteiger partial charge is 0.231 e. The lowest BCUT2D eigenvalue weighted by Crippen LogP contribution is -2.02. The number of hydrogen-bond donors (Lipinski definition) is 0. The summed E-state index contributed by atoms with van der Waals surface area (Å²) in [5, 5.41) is 4.60. The lowest BCUT2D eigenvalue weighted by molar-refractivity contribution is 0.101. The van der Waals surface area contributed by atoms with Gasteiger partial charge in [-0.2, -0.15) is 5.10 Å². The SMILES string of the molecule is Cc1c(C(=O)c2cc3cc(F)ccc3o2)cnn1C. The van der Waals surface area contributed by atoms with E-state index in [1.54, 1.807) is 17.8 Å². The molecule has 0 amide bonds. The van der Waals surface area contributed by atoms with Gasteiger partial charge in [0.1, 0.15) is 11.4 Å². The van der Waals surface area contributed by atoms with E-state index in [-0.39, 0.29) is 17.4 Å². The fraction of sp³-hybridized carbons (Fsp3) is 0.143. The van der Waals surface area contributed by atoms with E-state index in [1.807, 2.05) is 6.92 Å². The Labute approximate surface area is 108 Å². The zero-order valence-corrected chi connectivity index (χ0v) is 10.5. The fourth-order valence-corrected chi connectivity index (χ4v) is 1.98. The summed E-state index contributed by atoms with van der Waals surface area (Å²) in [6, 6.07) is 5.70. The first-order valence-electron chi connectivity index (χ1n) is 5.78. The first-order valence-corrected chi connectivity index (χ1v) is 5.78. The summed E-state index contributed by atoms with van der Waals surface area (Å²) in [7, 11) is 1.76. The minimum Gasteiger partial charge on any atom is -0.453 e. The van der Waals surface area contributed by atoms with Crippen LogP contribution in [0.5, 0.6) is 0 Å². The highest BCUT2D eigenvalue weighted by atomic mass is 19.1. The highest BCUT2D eigenvalue weighted by Crippen LogP contribution is 2.23. The zero-order valence-electron chi connectivity index (χ0n) is 10.5. The Morgan fingerprint density at radius 2 is 2.16 bits per heavy atom. The average molecular weight is 258 g/mol. The van der Waals surface area contributed by atoms with Crippen LogP contribution in [0.4, 0.5) is 4.39 Å². The largest absolute Gasteiger partial charge is 0.453 e. The molecular formula is C14H11FN2O2. The van der Waals surface area contributed by atoms with Gasteiger partial charge in [-0.05, 0) is 31.2 Å². The molecule has 0 saturated heterocycles. The van der Waals surface area contributed by atoms with Crippen molar-refractivity contribution in [2.75, 3.05) is 0 Å². The maximum Gasteiger partial charge on any atom is 0.231 e. The number of furan rings is 1. The highest BCUT2D eigenvalue weighted by Gasteiger charge is 2.19. The lowest BCUT2D eigenvalue weighted by Gasteiger charge is -1.96. The summed E-state index contributed by atoms with van der Waals surface area (Å²) >= 11 is 0. The highest BCUT2D eigenvalue weighted by molar-refractivity contribution is 6.09. The van der Waals surface area contributed by atoms with Gasteiger partial charge in [-0.3, -0.25) is 9.48 Å². The van der Waals surface area contributed by atoms with Crippen molar-refractivity contribution in [1.29, 1.82) is 0 Å². The van der Waals surface area contributed by atoms with Crippen LogP contribution in [0.1, 0.15) is 21.8 Å². The maximum atomic E-state index is 13.1. The van der Waals surface area contributed by atoms with Crippen molar-refractivity contribution in [1.82, 2.24) is 9.78 Å². The summed E-state index contributed by atoms with van der Waals surface area (Å²) in [4.78, 5) is 12.3. The molecule has 0 radical (unpaired) electrons. The average Bonchev–Trinajstić information content (AvgIpc) is 2.93. The molecule has 1 aromatic carbocycles. The van der Waals surface area contributed by atoms with E-state index >= 15 is 0 Å². The van der Waals surface area contributed by atoms with Crippen LogP contribution in [0.2, 0.25) is 0 Å². The first kappa shape index (κ1) is 11.6. The summed E-state index contributed by atoms with van der Waals surface area (Å²) < 4.78 is 20.2. The number of halogens is 1. The molecule has 96 valence electrons. The van der Waals surface area contributed by atoms with E-state index in [0.29, 0.717) is 16.5 Å². The molecule has 2 aromatic heterocycles. The number of rotatable bonds is 2. The van der Waals surface area contributed by atoms with Gasteiger partial charge in [0.2, 0.25) is 5.78 Å². The maximum absolute atomic E-state index is 13.1. The number of nitrogens with zero attached hydrogens (tertiary/aromatic N) is 2. The van der Waals surface area contributed by atoms with E-state index in [9.17, 15) is 9.18 Å². The molecule has 0 aliphatic rings. The normalized spacial score (nSPS) is 11.1. The van der Waals surface area contributed by atoms with Crippen LogP contribution in [0.15, 0.2) is 34.9 Å². The molecule has 3 aromatic rings. The Kier molecular flexibility index (Phi) is 2.48. The van der Waals surface area contributed by atoms with Gasteiger partial charge in [0.15, 0.2) is 5.76 Å². The first-order chi connectivity index (χ1) is 9.06. The van der Waals surface area contributed by atoms with Gasteiger partial charge >= 0.3 is 0 Å². The predicted octanol–water partition coefficient (Wildman–Crippen LogP) is 2.84. The summed E-state index contributed by atoms with van der Waals surface area (Å²) in [5.74, 6) is -0.413. The number of hydrogen-bond acceptors (Lipinski definition) is 3. The Hall–Kier alpha value is -2.43. The topological polar surface area (TPSA) is 48.0 Å². The standard InChI is InChI=1S/C14H11FN2O2/c1-8-11(7-16-17(8)2)14(18)13-6-9-5-10(15)3-4-12(9)19-13/h3-7H,1-2H3. The van der Waals surface area contributed by atoms with Gasteiger partial charge < -0.3 is 4.42 Å². The van der Waals surface area contributed by atoms with Crippen LogP contribution in [-0.2, 0) is 7.05 Å². The summed E-state index contributed by atoms with van der Waals surface area (Å²) in [5.41, 5.74) is 1.74. The van der Waals surface area contributed by atoms with E-state index < -0.39 is 0 Å². The lowest BCUT2D eigenvalue weighted by atomic mass is 10.1. The quantitative estimate of drug-likeness (QED) is 0.664. The van der Waals surface area contributed by atoms with Crippen molar-refractivity contribution in [3.63, 3.8) is 0 Å². The molecule has 0 spiro atoms. The van der Waals surface area contributed by atoms with Crippen molar-refractivity contribution >= 4 is 16.8 Å². The summed E-state index contributed by atoms with van der Waals surface area (Å²) in [6.45, 7) is 1.81. The molecule has 0 N–H and O–H groups in total. The Morgan fingerprint density at radius 1 is 1.37 bits per heavy atom. The molecule has 0 aliphatic carbocycles. The molecule has 2 heterocycles. The van der Waals surface area contributed by atoms with Gasteiger partial charge in [-0.25, -0.2) is 4.39 Å². The second-order valence-corrected chi connectivity index (χ2v) is 4.39. The molecule has 4 nitrogen and oxygen atoms in total. The third-order valence-electron chi connectivity index (χ3n) is 3.18. The van der Waals surface area contributed by atoms with Crippen molar-refractivity contribution in [3.05, 3.63) is 53.3 Å². The molecule has 0 bridgehead atoms. The monoisotopic (exact) mass is 258 g/mol. The van der Waals surface area contributed by atoms with Crippen LogP contribution in [-0.4, -0.2) is 15.6 Å². The second kappa shape index (κ2) is 4.05. The molecular weight excluding hydrogens is 247 g/mol. The molecule has 3 rings (SSSR count). The number of aryl methyl sites for hydroxylation is 1. The zero-order chi connectivity index (χ0) is 13.6. The van der Waals surface area contributed by atoms with E-state index in [4.69, 9.17) is 4.42 Å². The third-order valence-corrected chi connectivity index (χ3v) is 3.18. The van der Waals surface area contributed by atoms with Gasteiger partial charge in [0.05, 0.1) is 11.8 Å². The van der Waals surface area contributed by atoms with Crippen molar-refractivity contribution in [2.45, 2.75) is 6.92 Å². The van der Waals surface area contributed by atoms with E-state index in [0.717, 1.165) is 5.69 Å². The van der Waals surface area contributed by atoms with E-state index in [2.05, 4.69) is 5.10 Å². The molecule has 0 atom stereocenters. The Balaban J connectivity index is 2.09. The molecule has 0 fully saturated rings.